The molecular formula is C14H19ClN2OS. The van der Waals surface area contributed by atoms with Crippen LogP contribution in [0.15, 0.2) is 29.2 Å². The molecule has 0 unspecified atom stereocenters. The molecule has 1 atom stereocenters. The molecule has 0 aromatic heterocycles. The topological polar surface area (TPSA) is 46.3 Å². The zero-order valence-corrected chi connectivity index (χ0v) is 12.4. The number of likely N-dealkylation sites (tertiary alicyclic amines) is 1. The van der Waals surface area contributed by atoms with E-state index < -0.39 is 0 Å². The molecule has 1 aliphatic heterocycles. The summed E-state index contributed by atoms with van der Waals surface area (Å²) < 4.78 is 0. The van der Waals surface area contributed by atoms with E-state index in [-0.39, 0.29) is 11.9 Å². The van der Waals surface area contributed by atoms with Crippen molar-refractivity contribution < 1.29 is 4.79 Å². The van der Waals surface area contributed by atoms with Gasteiger partial charge < -0.3 is 10.6 Å². The van der Waals surface area contributed by atoms with E-state index in [1.807, 2.05) is 29.2 Å². The Labute approximate surface area is 123 Å². The second-order valence-electron chi connectivity index (χ2n) is 4.79. The quantitative estimate of drug-likeness (QED) is 0.671. The van der Waals surface area contributed by atoms with Gasteiger partial charge in [-0.05, 0) is 42.9 Å². The molecule has 1 aromatic carbocycles. The number of rotatable bonds is 5. The Morgan fingerprint density at radius 1 is 1.42 bits per heavy atom. The number of thioether (sulfide) groups is 1. The minimum Gasteiger partial charge on any atom is -0.341 e. The first-order chi connectivity index (χ1) is 9.15. The molecule has 0 radical (unpaired) electrons. The molecule has 19 heavy (non-hydrogen) atoms. The average Bonchev–Trinajstić information content (AvgIpc) is 2.83. The number of carbonyl (C=O) groups is 1. The molecule has 3 nitrogen and oxygen atoms in total. The molecule has 1 aliphatic rings. The third kappa shape index (κ3) is 4.71. The van der Waals surface area contributed by atoms with Gasteiger partial charge in [0, 0.05) is 35.5 Å². The van der Waals surface area contributed by atoms with Crippen molar-refractivity contribution in [3.63, 3.8) is 0 Å². The van der Waals surface area contributed by atoms with E-state index in [2.05, 4.69) is 0 Å². The van der Waals surface area contributed by atoms with Gasteiger partial charge in [-0.1, -0.05) is 11.6 Å². The summed E-state index contributed by atoms with van der Waals surface area (Å²) in [5.41, 5.74) is 5.80. The van der Waals surface area contributed by atoms with Crippen molar-refractivity contribution in [1.29, 1.82) is 0 Å². The maximum absolute atomic E-state index is 11.9. The molecule has 2 N–H and O–H groups in total. The predicted octanol–water partition coefficient (Wildman–Crippen LogP) is 2.77. The van der Waals surface area contributed by atoms with Gasteiger partial charge >= 0.3 is 0 Å². The first kappa shape index (κ1) is 14.7. The molecule has 2 rings (SSSR count). The Hall–Kier alpha value is -0.710. The lowest BCUT2D eigenvalue weighted by Gasteiger charge is -2.15. The van der Waals surface area contributed by atoms with E-state index in [0.29, 0.717) is 6.42 Å². The highest BCUT2D eigenvalue weighted by Gasteiger charge is 2.22. The van der Waals surface area contributed by atoms with E-state index >= 15 is 0 Å². The second kappa shape index (κ2) is 7.17. The summed E-state index contributed by atoms with van der Waals surface area (Å²) in [6.45, 7) is 1.55. The zero-order valence-electron chi connectivity index (χ0n) is 10.8. The third-order valence-corrected chi connectivity index (χ3v) is 4.55. The van der Waals surface area contributed by atoms with Crippen LogP contribution in [0.25, 0.3) is 0 Å². The summed E-state index contributed by atoms with van der Waals surface area (Å²) in [5, 5.41) is 0.755. The first-order valence-corrected chi connectivity index (χ1v) is 7.93. The van der Waals surface area contributed by atoms with Crippen LogP contribution in [0.1, 0.15) is 19.3 Å². The van der Waals surface area contributed by atoms with Crippen LogP contribution in [0.4, 0.5) is 0 Å². The Morgan fingerprint density at radius 3 is 2.79 bits per heavy atom. The molecule has 0 bridgehead atoms. The average molecular weight is 299 g/mol. The molecule has 104 valence electrons. The number of benzene rings is 1. The molecule has 5 heteroatoms. The summed E-state index contributed by atoms with van der Waals surface area (Å²) in [6, 6.07) is 7.97. The predicted molar refractivity (Wildman–Crippen MR) is 80.6 cm³/mol. The Morgan fingerprint density at radius 2 is 2.16 bits per heavy atom. The number of amides is 1. The molecule has 0 aliphatic carbocycles. The molecule has 0 saturated carbocycles. The largest absolute Gasteiger partial charge is 0.341 e. The lowest BCUT2D eigenvalue weighted by Crippen LogP contribution is -2.31. The van der Waals surface area contributed by atoms with Crippen molar-refractivity contribution in [1.82, 2.24) is 4.90 Å². The molecule has 1 aromatic rings. The van der Waals surface area contributed by atoms with Gasteiger partial charge in [0.15, 0.2) is 0 Å². The SMILES string of the molecule is N[C@@H]1CCN(C(=O)CCCSc2ccc(Cl)cc2)C1. The number of halogens is 1. The Balaban J connectivity index is 1.64. The summed E-state index contributed by atoms with van der Waals surface area (Å²) in [7, 11) is 0. The lowest BCUT2D eigenvalue weighted by molar-refractivity contribution is -0.130. The van der Waals surface area contributed by atoms with Crippen molar-refractivity contribution in [2.45, 2.75) is 30.2 Å². The highest BCUT2D eigenvalue weighted by molar-refractivity contribution is 7.99. The minimum absolute atomic E-state index is 0.174. The monoisotopic (exact) mass is 298 g/mol. The van der Waals surface area contributed by atoms with Crippen molar-refractivity contribution in [3.8, 4) is 0 Å². The van der Waals surface area contributed by atoms with Gasteiger partial charge in [-0.25, -0.2) is 0 Å². The Bertz CT molecular complexity index is 424. The maximum atomic E-state index is 11.9. The van der Waals surface area contributed by atoms with Crippen LogP contribution in [-0.2, 0) is 4.79 Å². The molecule has 1 fully saturated rings. The highest BCUT2D eigenvalue weighted by atomic mass is 35.5. The smallest absolute Gasteiger partial charge is 0.222 e. The van der Waals surface area contributed by atoms with Crippen LogP contribution < -0.4 is 5.73 Å². The molecule has 1 saturated heterocycles. The number of nitrogens with two attached hydrogens (primary N) is 1. The van der Waals surface area contributed by atoms with E-state index in [1.165, 1.54) is 4.90 Å². The number of nitrogens with zero attached hydrogens (tertiary/aromatic N) is 1. The van der Waals surface area contributed by atoms with Crippen LogP contribution >= 0.6 is 23.4 Å². The lowest BCUT2D eigenvalue weighted by atomic mass is 10.3. The van der Waals surface area contributed by atoms with Gasteiger partial charge in [-0.3, -0.25) is 4.79 Å². The van der Waals surface area contributed by atoms with Crippen molar-refractivity contribution in [2.24, 2.45) is 5.73 Å². The van der Waals surface area contributed by atoms with Gasteiger partial charge in [-0.2, -0.15) is 0 Å². The van der Waals surface area contributed by atoms with Crippen molar-refractivity contribution in [2.75, 3.05) is 18.8 Å². The minimum atomic E-state index is 0.174. The molecule has 1 heterocycles. The van der Waals surface area contributed by atoms with Crippen LogP contribution in [-0.4, -0.2) is 35.7 Å². The van der Waals surface area contributed by atoms with Crippen molar-refractivity contribution >= 4 is 29.3 Å². The van der Waals surface area contributed by atoms with Gasteiger partial charge in [0.25, 0.3) is 0 Å². The van der Waals surface area contributed by atoms with Crippen LogP contribution in [0.2, 0.25) is 5.02 Å². The van der Waals surface area contributed by atoms with Crippen LogP contribution in [0.3, 0.4) is 0 Å². The maximum Gasteiger partial charge on any atom is 0.222 e. The summed E-state index contributed by atoms with van der Waals surface area (Å²) in [4.78, 5) is 15.0. The fourth-order valence-electron chi connectivity index (χ4n) is 2.12. The van der Waals surface area contributed by atoms with Gasteiger partial charge in [0.2, 0.25) is 5.91 Å². The molecule has 1 amide bonds. The van der Waals surface area contributed by atoms with E-state index in [4.69, 9.17) is 17.3 Å². The molecule has 0 spiro atoms. The number of hydrogen-bond acceptors (Lipinski definition) is 3. The van der Waals surface area contributed by atoms with Gasteiger partial charge in [0.1, 0.15) is 0 Å². The summed E-state index contributed by atoms with van der Waals surface area (Å²) >= 11 is 7.59. The van der Waals surface area contributed by atoms with Gasteiger partial charge in [0.05, 0.1) is 0 Å². The standard InChI is InChI=1S/C14H19ClN2OS/c15-11-3-5-13(6-4-11)19-9-1-2-14(18)17-8-7-12(16)10-17/h3-6,12H,1-2,7-10,16H2/t12-/m1/s1. The molecular weight excluding hydrogens is 280 g/mol. The fourth-order valence-corrected chi connectivity index (χ4v) is 3.10. The first-order valence-electron chi connectivity index (χ1n) is 6.57. The van der Waals surface area contributed by atoms with E-state index in [0.717, 1.165) is 36.7 Å². The fraction of sp³-hybridized carbons (Fsp3) is 0.500. The van der Waals surface area contributed by atoms with Gasteiger partial charge in [-0.15, -0.1) is 11.8 Å². The van der Waals surface area contributed by atoms with E-state index in [9.17, 15) is 4.79 Å². The van der Waals surface area contributed by atoms with Crippen LogP contribution in [0.5, 0.6) is 0 Å². The normalized spacial score (nSPS) is 18.8. The summed E-state index contributed by atoms with van der Waals surface area (Å²) in [5.74, 6) is 1.19. The van der Waals surface area contributed by atoms with E-state index in [1.54, 1.807) is 11.8 Å². The van der Waals surface area contributed by atoms with Crippen LogP contribution in [0, 0.1) is 0 Å². The number of carbonyl (C=O) groups excluding carboxylic acids is 1. The second-order valence-corrected chi connectivity index (χ2v) is 6.40. The van der Waals surface area contributed by atoms with Crippen molar-refractivity contribution in [3.05, 3.63) is 29.3 Å². The summed E-state index contributed by atoms with van der Waals surface area (Å²) in [6.07, 6.45) is 2.45. The third-order valence-electron chi connectivity index (χ3n) is 3.19. The Kier molecular flexibility index (Phi) is 5.55. The zero-order chi connectivity index (χ0) is 13.7. The highest BCUT2D eigenvalue weighted by Crippen LogP contribution is 2.21. The number of hydrogen-bond donors (Lipinski definition) is 1.